The fourth-order valence-corrected chi connectivity index (χ4v) is 6.09. The van der Waals surface area contributed by atoms with Crippen LogP contribution in [0.25, 0.3) is 16.9 Å². The van der Waals surface area contributed by atoms with Gasteiger partial charge in [0.1, 0.15) is 24.0 Å². The van der Waals surface area contributed by atoms with Gasteiger partial charge in [-0.2, -0.15) is 5.10 Å². The second-order valence-corrected chi connectivity index (χ2v) is 10.8. The van der Waals surface area contributed by atoms with Crippen molar-refractivity contribution in [1.82, 2.24) is 15.1 Å². The van der Waals surface area contributed by atoms with Crippen LogP contribution in [0.1, 0.15) is 28.4 Å². The van der Waals surface area contributed by atoms with E-state index in [1.54, 1.807) is 11.8 Å². The van der Waals surface area contributed by atoms with Crippen LogP contribution in [-0.4, -0.2) is 54.2 Å². The number of benzene rings is 3. The van der Waals surface area contributed by atoms with Crippen LogP contribution in [0.3, 0.4) is 0 Å². The summed E-state index contributed by atoms with van der Waals surface area (Å²) in [6, 6.07) is 20.5. The Labute approximate surface area is 241 Å². The van der Waals surface area contributed by atoms with E-state index in [4.69, 9.17) is 9.84 Å². The highest BCUT2D eigenvalue weighted by Gasteiger charge is 2.38. The summed E-state index contributed by atoms with van der Waals surface area (Å²) < 4.78 is 36.0. The van der Waals surface area contributed by atoms with Crippen LogP contribution in [0, 0.1) is 18.6 Å². The van der Waals surface area contributed by atoms with Gasteiger partial charge in [0, 0.05) is 43.0 Å². The van der Waals surface area contributed by atoms with Crippen molar-refractivity contribution in [3.63, 3.8) is 0 Å². The number of carbonyl (C=O) groups is 2. The standard InChI is InChI=1S/C31H30F2N4O3S/c1-20-8-6-11-23(16-20)37-31-28(29(35-37)21-9-4-3-5-10-21)30(24-13-12-22(32)17-25(24)33)41-19-27(39)36(31)18-26(38)34-14-7-15-40-2/h3-6,8-13,16-17,30H,7,14-15,18-19H2,1-2H3,(H,34,38)/t30-/m0/s1. The molecule has 3 aromatic carbocycles. The molecule has 4 aromatic rings. The molecule has 1 aromatic heterocycles. The van der Waals surface area contributed by atoms with Crippen LogP contribution in [0.5, 0.6) is 0 Å². The predicted octanol–water partition coefficient (Wildman–Crippen LogP) is 5.45. The molecule has 0 aliphatic carbocycles. The van der Waals surface area contributed by atoms with Crippen molar-refractivity contribution in [2.75, 3.05) is 37.5 Å². The Kier molecular flexibility index (Phi) is 8.80. The number of ether oxygens (including phenoxy) is 1. The molecule has 0 radical (unpaired) electrons. The SMILES string of the molecule is COCCCNC(=O)CN1C(=O)CS[C@@H](c2ccc(F)cc2F)c2c(-c3ccccc3)nn(-c3cccc(C)c3)c21. The molecule has 212 valence electrons. The first-order chi connectivity index (χ1) is 19.9. The molecule has 5 rings (SSSR count). The summed E-state index contributed by atoms with van der Waals surface area (Å²) in [5, 5.41) is 7.14. The lowest BCUT2D eigenvalue weighted by molar-refractivity contribution is -0.122. The van der Waals surface area contributed by atoms with Crippen molar-refractivity contribution in [3.8, 4) is 16.9 Å². The highest BCUT2D eigenvalue weighted by atomic mass is 32.2. The lowest BCUT2D eigenvalue weighted by Crippen LogP contribution is -2.42. The summed E-state index contributed by atoms with van der Waals surface area (Å²) in [4.78, 5) is 28.2. The largest absolute Gasteiger partial charge is 0.385 e. The third kappa shape index (κ3) is 6.18. The smallest absolute Gasteiger partial charge is 0.240 e. The van der Waals surface area contributed by atoms with Crippen LogP contribution in [0.15, 0.2) is 72.8 Å². The van der Waals surface area contributed by atoms with Gasteiger partial charge >= 0.3 is 0 Å². The Morgan fingerprint density at radius 1 is 1.10 bits per heavy atom. The fraction of sp³-hybridized carbons (Fsp3) is 0.258. The maximum absolute atomic E-state index is 15.3. The van der Waals surface area contributed by atoms with E-state index >= 15 is 4.39 Å². The quantitative estimate of drug-likeness (QED) is 0.268. The second-order valence-electron chi connectivity index (χ2n) is 9.74. The summed E-state index contributed by atoms with van der Waals surface area (Å²) in [5.41, 5.74) is 3.78. The van der Waals surface area contributed by atoms with E-state index in [1.807, 2.05) is 61.5 Å². The van der Waals surface area contributed by atoms with Crippen LogP contribution < -0.4 is 10.2 Å². The van der Waals surface area contributed by atoms with Crippen molar-refractivity contribution >= 4 is 29.4 Å². The van der Waals surface area contributed by atoms with Crippen LogP contribution in [0.4, 0.5) is 14.6 Å². The maximum Gasteiger partial charge on any atom is 0.240 e. The average molecular weight is 577 g/mol. The minimum absolute atomic E-state index is 0.0187. The van der Waals surface area contributed by atoms with Crippen molar-refractivity contribution in [3.05, 3.63) is 101 Å². The molecular formula is C31H30F2N4O3S. The van der Waals surface area contributed by atoms with Crippen molar-refractivity contribution in [2.24, 2.45) is 0 Å². The molecule has 7 nitrogen and oxygen atoms in total. The Morgan fingerprint density at radius 2 is 1.90 bits per heavy atom. The minimum Gasteiger partial charge on any atom is -0.385 e. The average Bonchev–Trinajstić information content (AvgIpc) is 3.29. The molecule has 0 spiro atoms. The normalized spacial score (nSPS) is 15.0. The van der Waals surface area contributed by atoms with E-state index < -0.39 is 16.9 Å². The van der Waals surface area contributed by atoms with Gasteiger partial charge in [-0.3, -0.25) is 14.5 Å². The number of carbonyl (C=O) groups excluding carboxylic acids is 2. The van der Waals surface area contributed by atoms with Gasteiger partial charge in [-0.15, -0.1) is 11.8 Å². The predicted molar refractivity (Wildman–Crippen MR) is 156 cm³/mol. The van der Waals surface area contributed by atoms with Gasteiger partial charge in [-0.1, -0.05) is 48.5 Å². The highest BCUT2D eigenvalue weighted by Crippen LogP contribution is 2.49. The second kappa shape index (κ2) is 12.7. The molecular weight excluding hydrogens is 546 g/mol. The fourth-order valence-electron chi connectivity index (χ4n) is 4.87. The Balaban J connectivity index is 1.73. The van der Waals surface area contributed by atoms with E-state index in [0.717, 1.165) is 17.2 Å². The Hall–Kier alpha value is -4.02. The van der Waals surface area contributed by atoms with E-state index in [2.05, 4.69) is 5.32 Å². The number of aromatic nitrogens is 2. The van der Waals surface area contributed by atoms with Gasteiger partial charge in [0.05, 0.1) is 22.4 Å². The monoisotopic (exact) mass is 576 g/mol. The number of amides is 2. The molecule has 0 unspecified atom stereocenters. The zero-order valence-corrected chi connectivity index (χ0v) is 23.6. The van der Waals surface area contributed by atoms with Gasteiger partial charge in [-0.05, 0) is 37.1 Å². The highest BCUT2D eigenvalue weighted by molar-refractivity contribution is 8.00. The molecule has 10 heteroatoms. The number of hydrogen-bond acceptors (Lipinski definition) is 5. The Bertz CT molecular complexity index is 1560. The van der Waals surface area contributed by atoms with Gasteiger partial charge in [-0.25, -0.2) is 13.5 Å². The van der Waals surface area contributed by atoms with Gasteiger partial charge < -0.3 is 10.1 Å². The van der Waals surface area contributed by atoms with E-state index in [0.29, 0.717) is 42.3 Å². The molecule has 2 heterocycles. The summed E-state index contributed by atoms with van der Waals surface area (Å²) in [7, 11) is 1.59. The maximum atomic E-state index is 15.3. The molecule has 2 amide bonds. The number of anilines is 1. The zero-order valence-electron chi connectivity index (χ0n) is 22.8. The number of aryl methyl sites for hydroxylation is 1. The molecule has 41 heavy (non-hydrogen) atoms. The molecule has 0 saturated carbocycles. The number of methoxy groups -OCH3 is 1. The lowest BCUT2D eigenvalue weighted by Gasteiger charge is -2.23. The Morgan fingerprint density at radius 3 is 2.63 bits per heavy atom. The third-order valence-corrected chi connectivity index (χ3v) is 8.01. The first-order valence-electron chi connectivity index (χ1n) is 13.2. The number of halogens is 2. The first-order valence-corrected chi connectivity index (χ1v) is 14.3. The van der Waals surface area contributed by atoms with Crippen LogP contribution in [0.2, 0.25) is 0 Å². The summed E-state index contributed by atoms with van der Waals surface area (Å²) in [6.07, 6.45) is 0.628. The number of fused-ring (bicyclic) bond motifs is 1. The summed E-state index contributed by atoms with van der Waals surface area (Å²) in [6.45, 7) is 2.60. The van der Waals surface area contributed by atoms with E-state index in [-0.39, 0.29) is 29.7 Å². The molecule has 1 aliphatic rings. The number of thioether (sulfide) groups is 1. The molecule has 1 N–H and O–H groups in total. The summed E-state index contributed by atoms with van der Waals surface area (Å²) >= 11 is 1.23. The van der Waals surface area contributed by atoms with Crippen molar-refractivity contribution in [2.45, 2.75) is 18.6 Å². The number of rotatable bonds is 9. The first kappa shape index (κ1) is 28.5. The molecule has 0 bridgehead atoms. The van der Waals surface area contributed by atoms with E-state index in [1.165, 1.54) is 28.8 Å². The molecule has 1 aliphatic heterocycles. The number of nitrogens with zero attached hydrogens (tertiary/aromatic N) is 3. The minimum atomic E-state index is -0.715. The molecule has 0 fully saturated rings. The van der Waals surface area contributed by atoms with E-state index in [9.17, 15) is 14.0 Å². The molecule has 0 saturated heterocycles. The zero-order chi connectivity index (χ0) is 28.9. The lowest BCUT2D eigenvalue weighted by atomic mass is 9.99. The van der Waals surface area contributed by atoms with Gasteiger partial charge in [0.2, 0.25) is 11.8 Å². The van der Waals surface area contributed by atoms with Crippen LogP contribution >= 0.6 is 11.8 Å². The van der Waals surface area contributed by atoms with Crippen molar-refractivity contribution < 1.29 is 23.1 Å². The van der Waals surface area contributed by atoms with Gasteiger partial charge in [0.15, 0.2) is 0 Å². The van der Waals surface area contributed by atoms with Crippen molar-refractivity contribution in [1.29, 1.82) is 0 Å². The van der Waals surface area contributed by atoms with Crippen LogP contribution in [-0.2, 0) is 14.3 Å². The molecule has 1 atom stereocenters. The van der Waals surface area contributed by atoms with Gasteiger partial charge in [0.25, 0.3) is 0 Å². The number of hydrogen-bond donors (Lipinski definition) is 1. The third-order valence-electron chi connectivity index (χ3n) is 6.78. The number of nitrogens with one attached hydrogen (secondary N) is 1. The topological polar surface area (TPSA) is 76.5 Å². The summed E-state index contributed by atoms with van der Waals surface area (Å²) in [5.74, 6) is -1.70.